The minimum atomic E-state index is -0.135. The molecule has 0 N–H and O–H groups in total. The highest BCUT2D eigenvalue weighted by atomic mass is 32.1. The molecule has 0 saturated carbocycles. The first-order valence-corrected chi connectivity index (χ1v) is 9.39. The van der Waals surface area contributed by atoms with Gasteiger partial charge in [0.15, 0.2) is 0 Å². The predicted molar refractivity (Wildman–Crippen MR) is 98.0 cm³/mol. The van der Waals surface area contributed by atoms with Crippen molar-refractivity contribution < 1.29 is 4.79 Å². The third kappa shape index (κ3) is 3.68. The largest absolute Gasteiger partial charge is 0.337 e. The van der Waals surface area contributed by atoms with Crippen LogP contribution in [0, 0.1) is 0 Å². The molecule has 5 heteroatoms. The molecule has 1 amide bonds. The van der Waals surface area contributed by atoms with E-state index in [9.17, 15) is 4.79 Å². The summed E-state index contributed by atoms with van der Waals surface area (Å²) in [5, 5.41) is 1.08. The summed E-state index contributed by atoms with van der Waals surface area (Å²) in [6, 6.07) is 8.29. The average molecular weight is 343 g/mol. The van der Waals surface area contributed by atoms with E-state index in [1.165, 1.54) is 16.0 Å². The van der Waals surface area contributed by atoms with Crippen molar-refractivity contribution in [2.75, 3.05) is 13.6 Å². The zero-order valence-electron chi connectivity index (χ0n) is 14.7. The molecule has 24 heavy (non-hydrogen) atoms. The fourth-order valence-electron chi connectivity index (χ4n) is 3.07. The van der Waals surface area contributed by atoms with Crippen LogP contribution in [0.5, 0.6) is 0 Å². The van der Waals surface area contributed by atoms with Gasteiger partial charge in [0, 0.05) is 24.2 Å². The fourth-order valence-corrected chi connectivity index (χ4v) is 4.00. The fraction of sp³-hybridized carbons (Fsp3) is 0.474. The molecular weight excluding hydrogens is 318 g/mol. The van der Waals surface area contributed by atoms with Crippen molar-refractivity contribution in [3.8, 4) is 0 Å². The Hall–Kier alpha value is -1.72. The number of rotatable bonds is 5. The molecule has 1 atom stereocenters. The Bertz CT molecular complexity index is 712. The molecular formula is C19H25N3OS. The van der Waals surface area contributed by atoms with Gasteiger partial charge in [-0.25, -0.2) is 4.98 Å². The summed E-state index contributed by atoms with van der Waals surface area (Å²) in [6.07, 6.45) is 3.91. The van der Waals surface area contributed by atoms with E-state index in [1.807, 2.05) is 25.1 Å². The molecule has 1 aromatic heterocycles. The minimum absolute atomic E-state index is 0.135. The maximum Gasteiger partial charge on any atom is 0.239 e. The monoisotopic (exact) mass is 343 g/mol. The van der Waals surface area contributed by atoms with Crippen LogP contribution in [-0.4, -0.2) is 40.3 Å². The smallest absolute Gasteiger partial charge is 0.239 e. The van der Waals surface area contributed by atoms with Crippen LogP contribution in [0.2, 0.25) is 0 Å². The number of aryl methyl sites for hydroxylation is 1. The van der Waals surface area contributed by atoms with Crippen molar-refractivity contribution >= 4 is 17.2 Å². The summed E-state index contributed by atoms with van der Waals surface area (Å²) >= 11 is 1.74. The van der Waals surface area contributed by atoms with E-state index in [0.29, 0.717) is 0 Å². The zero-order chi connectivity index (χ0) is 17.1. The van der Waals surface area contributed by atoms with E-state index in [-0.39, 0.29) is 11.9 Å². The van der Waals surface area contributed by atoms with E-state index in [1.54, 1.807) is 11.3 Å². The lowest BCUT2D eigenvalue weighted by Crippen LogP contribution is -2.47. The van der Waals surface area contributed by atoms with Crippen LogP contribution >= 0.6 is 11.3 Å². The van der Waals surface area contributed by atoms with Gasteiger partial charge < -0.3 is 4.90 Å². The summed E-state index contributed by atoms with van der Waals surface area (Å²) in [4.78, 5) is 22.7. The van der Waals surface area contributed by atoms with Gasteiger partial charge in [-0.3, -0.25) is 9.69 Å². The van der Waals surface area contributed by atoms with Gasteiger partial charge in [0.25, 0.3) is 0 Å². The van der Waals surface area contributed by atoms with Crippen LogP contribution in [0.3, 0.4) is 0 Å². The molecule has 3 rings (SSSR count). The summed E-state index contributed by atoms with van der Waals surface area (Å²) in [5.41, 5.74) is 2.65. The highest BCUT2D eigenvalue weighted by Gasteiger charge is 2.27. The molecule has 2 aromatic rings. The molecule has 1 aromatic carbocycles. The SMILES string of the molecule is CCc1cnc(CN(C)[C@H](C)C(=O)N2CCc3ccccc3C2)s1. The van der Waals surface area contributed by atoms with Gasteiger partial charge in [-0.15, -0.1) is 11.3 Å². The second kappa shape index (κ2) is 7.45. The van der Waals surface area contributed by atoms with Gasteiger partial charge in [0.1, 0.15) is 5.01 Å². The Balaban J connectivity index is 1.62. The van der Waals surface area contributed by atoms with E-state index in [2.05, 4.69) is 41.1 Å². The molecule has 2 heterocycles. The number of benzene rings is 1. The third-order valence-electron chi connectivity index (χ3n) is 4.80. The van der Waals surface area contributed by atoms with Crippen molar-refractivity contribution in [2.24, 2.45) is 0 Å². The number of aromatic nitrogens is 1. The summed E-state index contributed by atoms with van der Waals surface area (Å²) in [7, 11) is 2.01. The molecule has 4 nitrogen and oxygen atoms in total. The second-order valence-corrected chi connectivity index (χ2v) is 7.64. The van der Waals surface area contributed by atoms with Crippen LogP contribution < -0.4 is 0 Å². The van der Waals surface area contributed by atoms with E-state index in [0.717, 1.165) is 37.5 Å². The topological polar surface area (TPSA) is 36.4 Å². The van der Waals surface area contributed by atoms with Crippen LogP contribution in [0.4, 0.5) is 0 Å². The molecule has 0 saturated heterocycles. The number of carbonyl (C=O) groups is 1. The van der Waals surface area contributed by atoms with Crippen LogP contribution in [0.25, 0.3) is 0 Å². The van der Waals surface area contributed by atoms with Crippen molar-refractivity contribution in [2.45, 2.75) is 45.8 Å². The molecule has 0 aliphatic carbocycles. The lowest BCUT2D eigenvalue weighted by atomic mass is 9.99. The number of nitrogens with zero attached hydrogens (tertiary/aromatic N) is 3. The lowest BCUT2D eigenvalue weighted by molar-refractivity contribution is -0.137. The molecule has 128 valence electrons. The maximum atomic E-state index is 12.9. The first-order valence-electron chi connectivity index (χ1n) is 8.58. The third-order valence-corrected chi connectivity index (χ3v) is 5.92. The Kier molecular flexibility index (Phi) is 5.31. The lowest BCUT2D eigenvalue weighted by Gasteiger charge is -2.33. The summed E-state index contributed by atoms with van der Waals surface area (Å²) in [5.74, 6) is 0.208. The average Bonchev–Trinajstić information content (AvgIpc) is 3.07. The van der Waals surface area contributed by atoms with E-state index in [4.69, 9.17) is 0 Å². The first-order chi connectivity index (χ1) is 11.6. The van der Waals surface area contributed by atoms with Gasteiger partial charge in [0.2, 0.25) is 5.91 Å². The Morgan fingerprint density at radius 3 is 2.83 bits per heavy atom. The highest BCUT2D eigenvalue weighted by molar-refractivity contribution is 7.11. The number of likely N-dealkylation sites (N-methyl/N-ethyl adjacent to an activating group) is 1. The minimum Gasteiger partial charge on any atom is -0.337 e. The molecule has 1 aliphatic heterocycles. The van der Waals surface area contributed by atoms with Crippen molar-refractivity contribution in [1.82, 2.24) is 14.8 Å². The van der Waals surface area contributed by atoms with Crippen molar-refractivity contribution in [3.05, 3.63) is 51.5 Å². The molecule has 0 unspecified atom stereocenters. The summed E-state index contributed by atoms with van der Waals surface area (Å²) in [6.45, 7) is 6.40. The number of amides is 1. The van der Waals surface area contributed by atoms with E-state index >= 15 is 0 Å². The normalized spacial score (nSPS) is 15.4. The Labute approximate surface area is 148 Å². The predicted octanol–water partition coefficient (Wildman–Crippen LogP) is 3.11. The molecule has 1 aliphatic rings. The first kappa shape index (κ1) is 17.1. The Morgan fingerprint density at radius 1 is 1.38 bits per heavy atom. The van der Waals surface area contributed by atoms with Crippen LogP contribution in [-0.2, 0) is 30.7 Å². The number of carbonyl (C=O) groups excluding carboxylic acids is 1. The number of fused-ring (bicyclic) bond motifs is 1. The van der Waals surface area contributed by atoms with Gasteiger partial charge >= 0.3 is 0 Å². The molecule has 0 radical (unpaired) electrons. The molecule has 0 spiro atoms. The van der Waals surface area contributed by atoms with Gasteiger partial charge in [-0.2, -0.15) is 0 Å². The van der Waals surface area contributed by atoms with Gasteiger partial charge in [-0.1, -0.05) is 31.2 Å². The van der Waals surface area contributed by atoms with Crippen molar-refractivity contribution in [3.63, 3.8) is 0 Å². The highest BCUT2D eigenvalue weighted by Crippen LogP contribution is 2.21. The Morgan fingerprint density at radius 2 is 2.12 bits per heavy atom. The standard InChI is InChI=1S/C19H25N3OS/c1-4-17-11-20-18(24-17)13-21(3)14(2)19(23)22-10-9-15-7-5-6-8-16(15)12-22/h5-8,11,14H,4,9-10,12-13H2,1-3H3/t14-/m1/s1. The van der Waals surface area contributed by atoms with Crippen molar-refractivity contribution in [1.29, 1.82) is 0 Å². The summed E-state index contributed by atoms with van der Waals surface area (Å²) < 4.78 is 0. The second-order valence-electron chi connectivity index (χ2n) is 6.44. The molecule has 0 fully saturated rings. The van der Waals surface area contributed by atoms with Gasteiger partial charge in [0.05, 0.1) is 12.6 Å². The maximum absolute atomic E-state index is 12.9. The number of thiazole rings is 1. The van der Waals surface area contributed by atoms with E-state index < -0.39 is 0 Å². The quantitative estimate of drug-likeness (QED) is 0.837. The van der Waals surface area contributed by atoms with Crippen LogP contribution in [0.1, 0.15) is 34.9 Å². The van der Waals surface area contributed by atoms with Crippen LogP contribution in [0.15, 0.2) is 30.5 Å². The van der Waals surface area contributed by atoms with Gasteiger partial charge in [-0.05, 0) is 37.9 Å². The number of hydrogen-bond donors (Lipinski definition) is 0. The zero-order valence-corrected chi connectivity index (χ0v) is 15.5. The number of hydrogen-bond acceptors (Lipinski definition) is 4. The molecule has 0 bridgehead atoms.